The molecule has 0 saturated carbocycles. The highest BCUT2D eigenvalue weighted by Gasteiger charge is 2.59. The van der Waals surface area contributed by atoms with E-state index in [0.29, 0.717) is 0 Å². The molecule has 3 N–H and O–H groups in total. The predicted octanol–water partition coefficient (Wildman–Crippen LogP) is 1.20. The Bertz CT molecular complexity index is 2030. The zero-order valence-corrected chi connectivity index (χ0v) is 44.7. The second-order valence-electron chi connectivity index (χ2n) is 15.9. The lowest BCUT2D eigenvalue weighted by Crippen LogP contribution is -2.71. The van der Waals surface area contributed by atoms with Gasteiger partial charge < -0.3 is 86.8 Å². The van der Waals surface area contributed by atoms with Crippen molar-refractivity contribution in [2.75, 3.05) is 33.0 Å². The van der Waals surface area contributed by atoms with E-state index in [-0.39, 0.29) is 0 Å². The van der Waals surface area contributed by atoms with Crippen LogP contribution in [0.5, 0.6) is 0 Å². The van der Waals surface area contributed by atoms with Crippen molar-refractivity contribution in [1.82, 2.24) is 10.6 Å². The number of aliphatic hydroxyl groups is 1. The molecule has 3 saturated heterocycles. The summed E-state index contributed by atoms with van der Waals surface area (Å²) in [6.45, 7) is 3.46. The Morgan fingerprint density at radius 3 is 1.01 bits per heavy atom. The minimum Gasteiger partial charge on any atom is -0.463 e. The molecule has 420 valence electrons. The van der Waals surface area contributed by atoms with Gasteiger partial charge in [-0.15, -0.1) is 0 Å². The molecule has 2 amide bonds. The zero-order valence-electron chi connectivity index (χ0n) is 40.1. The molecule has 3 rings (SSSR count). The molecular formula is C40H52Cl6N2O26. The molecule has 0 aromatic carbocycles. The Morgan fingerprint density at radius 2 is 0.703 bits per heavy atom. The van der Waals surface area contributed by atoms with Crippen LogP contribution in [0.25, 0.3) is 0 Å². The van der Waals surface area contributed by atoms with Crippen LogP contribution < -0.4 is 10.6 Å². The van der Waals surface area contributed by atoms with Crippen LogP contribution in [0.15, 0.2) is 0 Å². The fraction of sp³-hybridized carbons (Fsp3) is 0.750. The van der Waals surface area contributed by atoms with Crippen LogP contribution in [0.4, 0.5) is 9.59 Å². The molecule has 0 radical (unpaired) electrons. The van der Waals surface area contributed by atoms with Crippen molar-refractivity contribution in [2.24, 2.45) is 0 Å². The molecule has 0 unspecified atom stereocenters. The summed E-state index contributed by atoms with van der Waals surface area (Å²) in [7, 11) is 0. The van der Waals surface area contributed by atoms with E-state index in [2.05, 4.69) is 10.6 Å². The molecule has 34 heteroatoms. The zero-order chi connectivity index (χ0) is 56.0. The first-order valence-electron chi connectivity index (χ1n) is 21.5. The average molecular weight is 1190 g/mol. The van der Waals surface area contributed by atoms with Crippen molar-refractivity contribution < 1.29 is 124 Å². The highest BCUT2D eigenvalue weighted by atomic mass is 35.6. The van der Waals surface area contributed by atoms with Gasteiger partial charge in [0.05, 0.1) is 0 Å². The van der Waals surface area contributed by atoms with Gasteiger partial charge in [0.15, 0.2) is 55.5 Å². The molecule has 0 aromatic rings. The van der Waals surface area contributed by atoms with Gasteiger partial charge in [0.25, 0.3) is 0 Å². The van der Waals surface area contributed by atoms with E-state index >= 15 is 0 Å². The number of hydrogen-bond acceptors (Lipinski definition) is 26. The minimum absolute atomic E-state index is 0.769. The number of rotatable bonds is 19. The summed E-state index contributed by atoms with van der Waals surface area (Å²) in [5.74, 6) is -8.01. The molecule has 15 atom stereocenters. The Kier molecular flexibility index (Phi) is 24.9. The lowest BCUT2D eigenvalue weighted by atomic mass is 9.94. The van der Waals surface area contributed by atoms with Crippen LogP contribution in [0.3, 0.4) is 0 Å². The molecule has 0 bridgehead atoms. The summed E-state index contributed by atoms with van der Waals surface area (Å²) >= 11 is 34.7. The maximum absolute atomic E-state index is 13.4. The number of halogens is 6. The summed E-state index contributed by atoms with van der Waals surface area (Å²) in [6.07, 6.45) is -28.0. The maximum Gasteiger partial charge on any atom is 0.407 e. The van der Waals surface area contributed by atoms with Gasteiger partial charge in [0.1, 0.15) is 69.5 Å². The van der Waals surface area contributed by atoms with Crippen molar-refractivity contribution in [3.63, 3.8) is 0 Å². The van der Waals surface area contributed by atoms with Gasteiger partial charge in [-0.25, -0.2) is 9.59 Å². The normalized spacial score (nSPS) is 29.9. The summed E-state index contributed by atoms with van der Waals surface area (Å²) in [6, 6.07) is -3.85. The van der Waals surface area contributed by atoms with Crippen molar-refractivity contribution in [3.05, 3.63) is 0 Å². The average Bonchev–Trinajstić information content (AvgIpc) is 3.24. The number of carbonyl (C=O) groups is 10. The Balaban J connectivity index is 2.34. The van der Waals surface area contributed by atoms with E-state index < -0.39 is 193 Å². The van der Waals surface area contributed by atoms with Crippen LogP contribution >= 0.6 is 69.6 Å². The first kappa shape index (κ1) is 64.1. The fourth-order valence-electron chi connectivity index (χ4n) is 7.17. The minimum atomic E-state index is -2.33. The summed E-state index contributed by atoms with van der Waals surface area (Å²) in [5.41, 5.74) is 0. The molecule has 0 aromatic heterocycles. The molecule has 0 aliphatic carbocycles. The molecule has 0 spiro atoms. The summed E-state index contributed by atoms with van der Waals surface area (Å²) < 4.78 is 79.6. The van der Waals surface area contributed by atoms with Crippen molar-refractivity contribution in [2.45, 2.75) is 155 Å². The van der Waals surface area contributed by atoms with E-state index in [1.165, 1.54) is 0 Å². The van der Waals surface area contributed by atoms with E-state index in [0.717, 1.165) is 55.4 Å². The topological polar surface area (TPSA) is 353 Å². The molecule has 3 fully saturated rings. The number of ether oxygens (including phenoxy) is 15. The van der Waals surface area contributed by atoms with Crippen molar-refractivity contribution >= 4 is 130 Å². The van der Waals surface area contributed by atoms with E-state index in [4.69, 9.17) is 141 Å². The third-order valence-electron chi connectivity index (χ3n) is 9.65. The lowest BCUT2D eigenvalue weighted by Gasteiger charge is -2.50. The number of alkyl halides is 6. The van der Waals surface area contributed by atoms with Crippen molar-refractivity contribution in [3.8, 4) is 0 Å². The third-order valence-corrected chi connectivity index (χ3v) is 10.3. The SMILES string of the molecule is CC(=O)OC[C@H]1O[C@H](O)[C@@H](O[C@@H]2O[C@H](COC(C)=O)[C@@H](OC(C)=O)[C@H](OC(C)=O)[C@H]2NC(=O)OCC(Cl)(Cl)Cl)[C@@H](OC(C)=O)[C@@H]1O[C@@H]1O[C@H](COC(C)=O)[C@@H](OC(C)=O)[C@H](OC(C)=O)[C@H]1NC(=O)OCC(Cl)(Cl)Cl. The number of esters is 8. The standard InChI is InChI=1S/C40H52Cl6N2O26/c1-14(49)60-9-22-29(73-35-25(47-37(58)63-12-39(41,42)43)30(67-19(6)54)27(65-17(4)52)23(71-35)10-61-15(2)50)32(69-21(8)56)33(34(57)70-22)74-36-26(48-38(59)64-13-40(44,45)46)31(68-20(7)55)28(66-18(5)53)24(72-36)11-62-16(3)51/h22-36,57H,9-13H2,1-8H3,(H,47,58)(H,48,59)/t22-,23-,24-,25-,26-,27-,28-,29-,30-,31-,32+,33+,34+,35+,36+/m1/s1. The number of alkyl carbamates (subject to hydrolysis) is 2. The van der Waals surface area contributed by atoms with Crippen LogP contribution in [0.2, 0.25) is 0 Å². The number of nitrogens with one attached hydrogen (secondary N) is 2. The van der Waals surface area contributed by atoms with Crippen molar-refractivity contribution in [1.29, 1.82) is 0 Å². The Morgan fingerprint density at radius 1 is 0.405 bits per heavy atom. The molecule has 28 nitrogen and oxygen atoms in total. The molecular weight excluding hydrogens is 1140 g/mol. The number of carbonyl (C=O) groups excluding carboxylic acids is 10. The fourth-order valence-corrected chi connectivity index (χ4v) is 7.50. The number of amides is 2. The molecule has 3 aliphatic rings. The van der Waals surface area contributed by atoms with Crippen LogP contribution in [0, 0.1) is 0 Å². The van der Waals surface area contributed by atoms with Crippen LogP contribution in [0.1, 0.15) is 55.4 Å². The smallest absolute Gasteiger partial charge is 0.407 e. The van der Waals surface area contributed by atoms with Gasteiger partial charge in [-0.2, -0.15) is 0 Å². The molecule has 3 heterocycles. The second-order valence-corrected chi connectivity index (χ2v) is 20.9. The van der Waals surface area contributed by atoms with Gasteiger partial charge in [-0.3, -0.25) is 38.4 Å². The number of hydrogen-bond donors (Lipinski definition) is 3. The molecule has 74 heavy (non-hydrogen) atoms. The summed E-state index contributed by atoms with van der Waals surface area (Å²) in [4.78, 5) is 127. The highest BCUT2D eigenvalue weighted by Crippen LogP contribution is 2.37. The molecule has 3 aliphatic heterocycles. The summed E-state index contributed by atoms with van der Waals surface area (Å²) in [5, 5.41) is 16.3. The highest BCUT2D eigenvalue weighted by molar-refractivity contribution is 6.68. The predicted molar refractivity (Wildman–Crippen MR) is 243 cm³/mol. The van der Waals surface area contributed by atoms with Crippen LogP contribution in [-0.2, 0) is 109 Å². The first-order chi connectivity index (χ1) is 34.2. The largest absolute Gasteiger partial charge is 0.463 e. The quantitative estimate of drug-likeness (QED) is 0.0929. The van der Waals surface area contributed by atoms with Gasteiger partial charge in [-0.1, -0.05) is 69.6 Å². The second kappa shape index (κ2) is 28.8. The first-order valence-corrected chi connectivity index (χ1v) is 23.7. The van der Waals surface area contributed by atoms with Gasteiger partial charge in [-0.05, 0) is 0 Å². The van der Waals surface area contributed by atoms with Gasteiger partial charge in [0, 0.05) is 55.4 Å². The monoisotopic (exact) mass is 1190 g/mol. The Hall–Kier alpha value is -4.20. The van der Waals surface area contributed by atoms with E-state index in [1.54, 1.807) is 0 Å². The number of aliphatic hydroxyl groups excluding tert-OH is 1. The Labute approximate surface area is 450 Å². The van der Waals surface area contributed by atoms with E-state index in [1.807, 2.05) is 0 Å². The third kappa shape index (κ3) is 21.4. The van der Waals surface area contributed by atoms with Gasteiger partial charge >= 0.3 is 59.9 Å². The lowest BCUT2D eigenvalue weighted by molar-refractivity contribution is -0.370. The van der Waals surface area contributed by atoms with Crippen LogP contribution in [-0.4, -0.2) is 198 Å². The maximum atomic E-state index is 13.4. The van der Waals surface area contributed by atoms with Gasteiger partial charge in [0.2, 0.25) is 7.59 Å². The van der Waals surface area contributed by atoms with E-state index in [9.17, 15) is 53.1 Å².